The van der Waals surface area contributed by atoms with Gasteiger partial charge in [0.05, 0.1) is 12.5 Å². The van der Waals surface area contributed by atoms with Crippen molar-refractivity contribution in [2.24, 2.45) is 17.6 Å². The number of carbonyl (C=O) groups excluding carboxylic acids is 1. The fraction of sp³-hybridized carbons (Fsp3) is 0.833. The van der Waals surface area contributed by atoms with Crippen LogP contribution >= 0.6 is 0 Å². The Morgan fingerprint density at radius 2 is 1.82 bits per heavy atom. The first kappa shape index (κ1) is 15.9. The Morgan fingerprint density at radius 1 is 1.29 bits per heavy atom. The Bertz CT molecular complexity index is 266. The van der Waals surface area contributed by atoms with Gasteiger partial charge in [-0.05, 0) is 11.8 Å². The van der Waals surface area contributed by atoms with E-state index in [4.69, 9.17) is 10.8 Å². The molecule has 100 valence electrons. The van der Waals surface area contributed by atoms with Crippen LogP contribution in [0.5, 0.6) is 0 Å². The molecular weight excluding hydrogens is 220 g/mol. The van der Waals surface area contributed by atoms with Crippen molar-refractivity contribution in [1.29, 1.82) is 0 Å². The van der Waals surface area contributed by atoms with Crippen LogP contribution in [0, 0.1) is 11.8 Å². The topological polar surface area (TPSA) is 92.4 Å². The second-order valence-corrected chi connectivity index (χ2v) is 4.87. The molecule has 3 atom stereocenters. The molecule has 0 spiro atoms. The molecule has 0 aromatic carbocycles. The van der Waals surface area contributed by atoms with Gasteiger partial charge in [0.1, 0.15) is 0 Å². The van der Waals surface area contributed by atoms with E-state index in [2.05, 4.69) is 5.32 Å². The first-order valence-corrected chi connectivity index (χ1v) is 6.07. The number of carbonyl (C=O) groups is 2. The molecule has 0 bridgehead atoms. The van der Waals surface area contributed by atoms with Crippen molar-refractivity contribution in [3.05, 3.63) is 0 Å². The van der Waals surface area contributed by atoms with E-state index >= 15 is 0 Å². The third kappa shape index (κ3) is 5.68. The van der Waals surface area contributed by atoms with Crippen LogP contribution in [0.25, 0.3) is 0 Å². The molecule has 1 amide bonds. The number of aliphatic carboxylic acids is 1. The molecule has 0 aromatic heterocycles. The second kappa shape index (κ2) is 7.27. The predicted molar refractivity (Wildman–Crippen MR) is 66.5 cm³/mol. The van der Waals surface area contributed by atoms with Gasteiger partial charge in [-0.2, -0.15) is 0 Å². The van der Waals surface area contributed by atoms with Crippen molar-refractivity contribution in [1.82, 2.24) is 5.32 Å². The zero-order chi connectivity index (χ0) is 13.6. The van der Waals surface area contributed by atoms with Gasteiger partial charge in [0.25, 0.3) is 0 Å². The highest BCUT2D eigenvalue weighted by molar-refractivity contribution is 5.82. The number of amides is 1. The average Bonchev–Trinajstić information content (AvgIpc) is 2.25. The lowest BCUT2D eigenvalue weighted by atomic mass is 9.96. The standard InChI is InChI=1S/C12H24N2O3/c1-5-8(4)11(13)12(17)14-9(7(2)3)6-10(15)16/h7-9,11H,5-6,13H2,1-4H3,(H,14,17)(H,15,16). The summed E-state index contributed by atoms with van der Waals surface area (Å²) in [7, 11) is 0. The van der Waals surface area contributed by atoms with Crippen LogP contribution in [0.2, 0.25) is 0 Å². The van der Waals surface area contributed by atoms with Crippen molar-refractivity contribution < 1.29 is 14.7 Å². The van der Waals surface area contributed by atoms with Crippen molar-refractivity contribution >= 4 is 11.9 Å². The number of carboxylic acids is 1. The molecule has 0 saturated heterocycles. The average molecular weight is 244 g/mol. The summed E-state index contributed by atoms with van der Waals surface area (Å²) in [6.07, 6.45) is 0.747. The van der Waals surface area contributed by atoms with E-state index in [-0.39, 0.29) is 30.2 Å². The maximum Gasteiger partial charge on any atom is 0.305 e. The number of hydrogen-bond donors (Lipinski definition) is 3. The molecule has 0 rings (SSSR count). The van der Waals surface area contributed by atoms with Gasteiger partial charge in [0, 0.05) is 6.04 Å². The quantitative estimate of drug-likeness (QED) is 0.622. The lowest BCUT2D eigenvalue weighted by molar-refractivity contribution is -0.138. The van der Waals surface area contributed by atoms with Crippen LogP contribution in [-0.4, -0.2) is 29.1 Å². The van der Waals surface area contributed by atoms with Crippen LogP contribution in [0.3, 0.4) is 0 Å². The number of rotatable bonds is 7. The minimum absolute atomic E-state index is 0.0687. The summed E-state index contributed by atoms with van der Waals surface area (Å²) < 4.78 is 0. The molecule has 0 heterocycles. The zero-order valence-corrected chi connectivity index (χ0v) is 11.1. The maximum absolute atomic E-state index is 11.8. The third-order valence-electron chi connectivity index (χ3n) is 3.09. The molecule has 0 aliphatic carbocycles. The molecule has 0 radical (unpaired) electrons. The maximum atomic E-state index is 11.8. The predicted octanol–water partition coefficient (Wildman–Crippen LogP) is 0.975. The summed E-state index contributed by atoms with van der Waals surface area (Å²) in [6, 6.07) is -0.940. The van der Waals surface area contributed by atoms with E-state index in [1.807, 2.05) is 27.7 Å². The van der Waals surface area contributed by atoms with Gasteiger partial charge in [-0.1, -0.05) is 34.1 Å². The van der Waals surface area contributed by atoms with Gasteiger partial charge in [0.2, 0.25) is 5.91 Å². The molecule has 5 nitrogen and oxygen atoms in total. The minimum Gasteiger partial charge on any atom is -0.481 e. The highest BCUT2D eigenvalue weighted by Gasteiger charge is 2.24. The monoisotopic (exact) mass is 244 g/mol. The molecule has 17 heavy (non-hydrogen) atoms. The Kier molecular flexibility index (Phi) is 6.80. The van der Waals surface area contributed by atoms with Gasteiger partial charge in [-0.25, -0.2) is 0 Å². The van der Waals surface area contributed by atoms with Gasteiger partial charge < -0.3 is 16.2 Å². The largest absolute Gasteiger partial charge is 0.481 e. The smallest absolute Gasteiger partial charge is 0.305 e. The molecule has 4 N–H and O–H groups in total. The van der Waals surface area contributed by atoms with E-state index < -0.39 is 12.0 Å². The lowest BCUT2D eigenvalue weighted by Gasteiger charge is -2.24. The molecule has 0 fully saturated rings. The van der Waals surface area contributed by atoms with Crippen LogP contribution in [0.15, 0.2) is 0 Å². The molecule has 0 aromatic rings. The van der Waals surface area contributed by atoms with E-state index in [9.17, 15) is 9.59 Å². The van der Waals surface area contributed by atoms with E-state index in [1.54, 1.807) is 0 Å². The summed E-state index contributed by atoms with van der Waals surface area (Å²) in [5.41, 5.74) is 5.79. The van der Waals surface area contributed by atoms with Crippen LogP contribution in [0.4, 0.5) is 0 Å². The normalized spacial score (nSPS) is 16.4. The van der Waals surface area contributed by atoms with Crippen LogP contribution in [0.1, 0.15) is 40.5 Å². The molecule has 0 aliphatic heterocycles. The molecule has 5 heteroatoms. The van der Waals surface area contributed by atoms with Gasteiger partial charge >= 0.3 is 5.97 Å². The van der Waals surface area contributed by atoms with Crippen molar-refractivity contribution in [2.45, 2.75) is 52.6 Å². The van der Waals surface area contributed by atoms with E-state index in [1.165, 1.54) is 0 Å². The third-order valence-corrected chi connectivity index (χ3v) is 3.09. The summed E-state index contributed by atoms with van der Waals surface area (Å²) >= 11 is 0. The van der Waals surface area contributed by atoms with Crippen molar-refractivity contribution in [2.75, 3.05) is 0 Å². The summed E-state index contributed by atoms with van der Waals surface area (Å²) in [5, 5.41) is 11.5. The van der Waals surface area contributed by atoms with Crippen LogP contribution < -0.4 is 11.1 Å². The van der Waals surface area contributed by atoms with Crippen molar-refractivity contribution in [3.8, 4) is 0 Å². The first-order chi connectivity index (χ1) is 7.79. The SMILES string of the molecule is CCC(C)C(N)C(=O)NC(CC(=O)O)C(C)C. The first-order valence-electron chi connectivity index (χ1n) is 6.07. The Hall–Kier alpha value is -1.10. The zero-order valence-electron chi connectivity index (χ0n) is 11.1. The number of hydrogen-bond acceptors (Lipinski definition) is 3. The molecule has 0 aliphatic rings. The van der Waals surface area contributed by atoms with E-state index in [0.717, 1.165) is 6.42 Å². The molecule has 3 unspecified atom stereocenters. The van der Waals surface area contributed by atoms with E-state index in [0.29, 0.717) is 0 Å². The Labute approximate surface area is 103 Å². The Morgan fingerprint density at radius 3 is 2.18 bits per heavy atom. The second-order valence-electron chi connectivity index (χ2n) is 4.87. The fourth-order valence-electron chi connectivity index (χ4n) is 1.43. The summed E-state index contributed by atoms with van der Waals surface area (Å²) in [6.45, 7) is 7.63. The molecular formula is C12H24N2O3. The highest BCUT2D eigenvalue weighted by Crippen LogP contribution is 2.09. The Balaban J connectivity index is 4.45. The lowest BCUT2D eigenvalue weighted by Crippen LogP contribution is -2.50. The van der Waals surface area contributed by atoms with Gasteiger partial charge in [-0.3, -0.25) is 9.59 Å². The fourth-order valence-corrected chi connectivity index (χ4v) is 1.43. The van der Waals surface area contributed by atoms with Crippen molar-refractivity contribution in [3.63, 3.8) is 0 Å². The van der Waals surface area contributed by atoms with Gasteiger partial charge in [-0.15, -0.1) is 0 Å². The molecule has 0 saturated carbocycles. The van der Waals surface area contributed by atoms with Crippen LogP contribution in [-0.2, 0) is 9.59 Å². The highest BCUT2D eigenvalue weighted by atomic mass is 16.4. The number of nitrogens with one attached hydrogen (secondary N) is 1. The van der Waals surface area contributed by atoms with Gasteiger partial charge in [0.15, 0.2) is 0 Å². The summed E-state index contributed by atoms with van der Waals surface area (Å²) in [5.74, 6) is -1.02. The summed E-state index contributed by atoms with van der Waals surface area (Å²) in [4.78, 5) is 22.5. The number of carboxylic acid groups (broad SMARTS) is 1. The number of nitrogens with two attached hydrogens (primary N) is 1. The minimum atomic E-state index is -0.916.